The number of fused-ring (bicyclic) bond motifs is 1. The van der Waals surface area contributed by atoms with E-state index in [4.69, 9.17) is 4.74 Å². The van der Waals surface area contributed by atoms with Gasteiger partial charge in [-0.1, -0.05) is 36.4 Å². The van der Waals surface area contributed by atoms with E-state index in [2.05, 4.69) is 15.4 Å². The number of anilines is 2. The maximum Gasteiger partial charge on any atom is 0.416 e. The van der Waals surface area contributed by atoms with E-state index in [0.717, 1.165) is 17.7 Å². The molecule has 1 aromatic heterocycles. The Hall–Kier alpha value is -4.15. The van der Waals surface area contributed by atoms with Gasteiger partial charge in [-0.05, 0) is 37.6 Å². The van der Waals surface area contributed by atoms with Crippen molar-refractivity contribution >= 4 is 23.5 Å². The van der Waals surface area contributed by atoms with Crippen molar-refractivity contribution in [2.75, 3.05) is 23.4 Å². The van der Waals surface area contributed by atoms with Crippen LogP contribution in [0.3, 0.4) is 0 Å². The van der Waals surface area contributed by atoms with Crippen LogP contribution in [0.15, 0.2) is 72.2 Å². The lowest BCUT2D eigenvalue weighted by molar-refractivity contribution is -0.139. The molecule has 1 aliphatic rings. The van der Waals surface area contributed by atoms with Crippen LogP contribution < -0.4 is 10.2 Å². The van der Waals surface area contributed by atoms with Crippen LogP contribution in [0.5, 0.6) is 0 Å². The number of allylic oxidation sites excluding steroid dienone is 1. The standard InChI is InChI=1S/C24H22F3N5O3/c1-3-35-22(34)20-15(2)31(13-19(33)30-18-11-7-10-17(12-18)24(25,26)27)23-28-14-29-32(23)21(20)16-8-5-4-6-9-16/h4-12,14,21H,3,13H2,1-2H3,(H,30,33). The van der Waals surface area contributed by atoms with E-state index in [9.17, 15) is 22.8 Å². The normalized spacial score (nSPS) is 15.6. The number of esters is 1. The van der Waals surface area contributed by atoms with E-state index in [-0.39, 0.29) is 24.4 Å². The van der Waals surface area contributed by atoms with Crippen LogP contribution in [0, 0.1) is 0 Å². The molecule has 0 aliphatic carbocycles. The largest absolute Gasteiger partial charge is 0.463 e. The van der Waals surface area contributed by atoms with E-state index >= 15 is 0 Å². The molecule has 0 saturated heterocycles. The molecule has 2 heterocycles. The molecule has 0 bridgehead atoms. The second kappa shape index (κ2) is 9.61. The monoisotopic (exact) mass is 485 g/mol. The Morgan fingerprint density at radius 3 is 2.54 bits per heavy atom. The number of halogens is 3. The van der Waals surface area contributed by atoms with E-state index in [1.165, 1.54) is 28.0 Å². The van der Waals surface area contributed by atoms with E-state index in [1.54, 1.807) is 13.8 Å². The zero-order valence-electron chi connectivity index (χ0n) is 18.9. The van der Waals surface area contributed by atoms with E-state index in [1.807, 2.05) is 30.3 Å². The number of nitrogens with zero attached hydrogens (tertiary/aromatic N) is 4. The van der Waals surface area contributed by atoms with Gasteiger partial charge < -0.3 is 15.0 Å². The Bertz CT molecular complexity index is 1270. The molecular weight excluding hydrogens is 463 g/mol. The summed E-state index contributed by atoms with van der Waals surface area (Å²) in [6, 6.07) is 12.9. The van der Waals surface area contributed by atoms with Crippen molar-refractivity contribution in [1.82, 2.24) is 14.8 Å². The summed E-state index contributed by atoms with van der Waals surface area (Å²) >= 11 is 0. The third kappa shape index (κ3) is 4.88. The van der Waals surface area contributed by atoms with Gasteiger partial charge in [0.25, 0.3) is 0 Å². The molecule has 0 radical (unpaired) electrons. The van der Waals surface area contributed by atoms with Crippen molar-refractivity contribution < 1.29 is 27.5 Å². The second-order valence-corrected chi connectivity index (χ2v) is 7.75. The Kier molecular flexibility index (Phi) is 6.59. The van der Waals surface area contributed by atoms with Crippen molar-refractivity contribution in [1.29, 1.82) is 0 Å². The average molecular weight is 485 g/mol. The summed E-state index contributed by atoms with van der Waals surface area (Å²) in [7, 11) is 0. The van der Waals surface area contributed by atoms with Gasteiger partial charge in [-0.2, -0.15) is 23.3 Å². The predicted octanol–water partition coefficient (Wildman–Crippen LogP) is 4.18. The van der Waals surface area contributed by atoms with Gasteiger partial charge in [-0.25, -0.2) is 9.48 Å². The number of aromatic nitrogens is 3. The number of hydrogen-bond donors (Lipinski definition) is 1. The van der Waals surface area contributed by atoms with Gasteiger partial charge in [0.15, 0.2) is 0 Å². The highest BCUT2D eigenvalue weighted by Crippen LogP contribution is 2.38. The number of benzene rings is 2. The fourth-order valence-electron chi connectivity index (χ4n) is 3.95. The fraction of sp³-hybridized carbons (Fsp3) is 0.250. The Morgan fingerprint density at radius 2 is 1.86 bits per heavy atom. The summed E-state index contributed by atoms with van der Waals surface area (Å²) in [6.45, 7) is 3.19. The van der Waals surface area contributed by atoms with Gasteiger partial charge in [0.1, 0.15) is 18.9 Å². The number of alkyl halides is 3. The molecule has 182 valence electrons. The first-order valence-corrected chi connectivity index (χ1v) is 10.8. The minimum Gasteiger partial charge on any atom is -0.463 e. The number of carbonyl (C=O) groups excluding carboxylic acids is 2. The lowest BCUT2D eigenvalue weighted by Crippen LogP contribution is -2.40. The lowest BCUT2D eigenvalue weighted by Gasteiger charge is -2.35. The van der Waals surface area contributed by atoms with E-state index < -0.39 is 29.7 Å². The number of rotatable bonds is 6. The Labute approximate surface area is 199 Å². The summed E-state index contributed by atoms with van der Waals surface area (Å²) < 4.78 is 45.9. The zero-order chi connectivity index (χ0) is 25.2. The topological polar surface area (TPSA) is 89.3 Å². The molecule has 0 spiro atoms. The molecule has 35 heavy (non-hydrogen) atoms. The van der Waals surface area contributed by atoms with Crippen molar-refractivity contribution in [2.24, 2.45) is 0 Å². The number of carbonyl (C=O) groups is 2. The SMILES string of the molecule is CCOC(=O)C1=C(C)N(CC(=O)Nc2cccc(C(F)(F)F)c2)c2ncnn2C1c1ccccc1. The number of amides is 1. The van der Waals surface area contributed by atoms with Gasteiger partial charge >= 0.3 is 12.1 Å². The molecule has 1 unspecified atom stereocenters. The van der Waals surface area contributed by atoms with Crippen LogP contribution in [0.2, 0.25) is 0 Å². The maximum absolute atomic E-state index is 13.0. The van der Waals surface area contributed by atoms with Gasteiger partial charge in [-0.15, -0.1) is 0 Å². The summed E-state index contributed by atoms with van der Waals surface area (Å²) in [5.41, 5.74) is 0.603. The first kappa shape index (κ1) is 24.0. The van der Waals surface area contributed by atoms with Crippen LogP contribution in [0.1, 0.15) is 31.0 Å². The number of ether oxygens (including phenoxy) is 1. The molecule has 1 atom stereocenters. The number of nitrogens with one attached hydrogen (secondary N) is 1. The fourth-order valence-corrected chi connectivity index (χ4v) is 3.95. The highest BCUT2D eigenvalue weighted by molar-refractivity contribution is 5.96. The molecule has 1 N–H and O–H groups in total. The quantitative estimate of drug-likeness (QED) is 0.527. The van der Waals surface area contributed by atoms with Crippen LogP contribution >= 0.6 is 0 Å². The van der Waals surface area contributed by atoms with Crippen LogP contribution in [0.25, 0.3) is 0 Å². The summed E-state index contributed by atoms with van der Waals surface area (Å²) in [5.74, 6) is -0.855. The van der Waals surface area contributed by atoms with Crippen LogP contribution in [-0.2, 0) is 20.5 Å². The molecule has 11 heteroatoms. The van der Waals surface area contributed by atoms with Gasteiger partial charge in [0, 0.05) is 11.4 Å². The minimum atomic E-state index is -4.54. The average Bonchev–Trinajstić information content (AvgIpc) is 3.30. The smallest absolute Gasteiger partial charge is 0.416 e. The molecule has 3 aromatic rings. The molecule has 0 saturated carbocycles. The van der Waals surface area contributed by atoms with Gasteiger partial charge in [0.05, 0.1) is 17.7 Å². The lowest BCUT2D eigenvalue weighted by atomic mass is 9.95. The second-order valence-electron chi connectivity index (χ2n) is 7.75. The summed E-state index contributed by atoms with van der Waals surface area (Å²) in [4.78, 5) is 31.6. The summed E-state index contributed by atoms with van der Waals surface area (Å²) in [6.07, 6.45) is -3.23. The molecule has 1 aliphatic heterocycles. The molecule has 4 rings (SSSR count). The first-order chi connectivity index (χ1) is 16.7. The van der Waals surface area contributed by atoms with Crippen LogP contribution in [0.4, 0.5) is 24.8 Å². The van der Waals surface area contributed by atoms with Crippen molar-refractivity contribution in [3.05, 3.63) is 83.3 Å². The summed E-state index contributed by atoms with van der Waals surface area (Å²) in [5, 5.41) is 6.77. The maximum atomic E-state index is 13.0. The first-order valence-electron chi connectivity index (χ1n) is 10.8. The van der Waals surface area contributed by atoms with Gasteiger partial charge in [-0.3, -0.25) is 4.79 Å². The van der Waals surface area contributed by atoms with Crippen molar-refractivity contribution in [2.45, 2.75) is 26.1 Å². The molecular formula is C24H22F3N5O3. The Balaban J connectivity index is 1.68. The molecule has 2 aromatic carbocycles. The number of hydrogen-bond acceptors (Lipinski definition) is 6. The van der Waals surface area contributed by atoms with Crippen molar-refractivity contribution in [3.63, 3.8) is 0 Å². The minimum absolute atomic E-state index is 0.00212. The molecule has 1 amide bonds. The van der Waals surface area contributed by atoms with Crippen molar-refractivity contribution in [3.8, 4) is 0 Å². The highest BCUT2D eigenvalue weighted by Gasteiger charge is 2.38. The zero-order valence-corrected chi connectivity index (χ0v) is 18.9. The third-order valence-electron chi connectivity index (χ3n) is 5.49. The van der Waals surface area contributed by atoms with E-state index in [0.29, 0.717) is 11.6 Å². The molecule has 8 nitrogen and oxygen atoms in total. The van der Waals surface area contributed by atoms with Gasteiger partial charge in [0.2, 0.25) is 11.9 Å². The molecule has 0 fully saturated rings. The predicted molar refractivity (Wildman–Crippen MR) is 121 cm³/mol. The highest BCUT2D eigenvalue weighted by atomic mass is 19.4. The Morgan fingerprint density at radius 1 is 1.11 bits per heavy atom. The van der Waals surface area contributed by atoms with Crippen LogP contribution in [-0.4, -0.2) is 39.8 Å². The third-order valence-corrected chi connectivity index (χ3v) is 5.49.